The van der Waals surface area contributed by atoms with Crippen LogP contribution in [0.15, 0.2) is 30.3 Å². The summed E-state index contributed by atoms with van der Waals surface area (Å²) >= 11 is 5.80. The molecule has 2 rings (SSSR count). The van der Waals surface area contributed by atoms with Crippen molar-refractivity contribution in [2.24, 2.45) is 0 Å². The first-order chi connectivity index (χ1) is 7.06. The first kappa shape index (κ1) is 9.98. The first-order valence-electron chi connectivity index (χ1n) is 4.44. The van der Waals surface area contributed by atoms with Gasteiger partial charge in [0.1, 0.15) is 0 Å². The Morgan fingerprint density at radius 1 is 1.27 bits per heavy atom. The summed E-state index contributed by atoms with van der Waals surface area (Å²) in [5, 5.41) is 2.17. The van der Waals surface area contributed by atoms with Crippen molar-refractivity contribution in [1.82, 2.24) is 9.74 Å². The molecule has 0 aliphatic carbocycles. The Morgan fingerprint density at radius 3 is 2.33 bits per heavy atom. The van der Waals surface area contributed by atoms with Crippen LogP contribution in [0.4, 0.5) is 4.79 Å². The molecule has 3 amide bonds. The zero-order chi connectivity index (χ0) is 11.1. The predicted molar refractivity (Wildman–Crippen MR) is 55.0 cm³/mol. The van der Waals surface area contributed by atoms with E-state index in [1.807, 2.05) is 6.07 Å². The van der Waals surface area contributed by atoms with Crippen LogP contribution in [0.1, 0.15) is 12.5 Å². The molecule has 0 saturated carbocycles. The minimum Gasteiger partial charge on any atom is -0.274 e. The lowest BCUT2D eigenvalue weighted by molar-refractivity contribution is -0.125. The fourth-order valence-electron chi connectivity index (χ4n) is 1.57. The predicted octanol–water partition coefficient (Wildman–Crippen LogP) is 1.61. The minimum atomic E-state index is -1.13. The molecule has 0 aromatic heterocycles. The molecule has 15 heavy (non-hydrogen) atoms. The van der Waals surface area contributed by atoms with Gasteiger partial charge in [-0.15, -0.1) is 0 Å². The number of hydrogen-bond donors (Lipinski definition) is 1. The molecule has 1 aliphatic heterocycles. The van der Waals surface area contributed by atoms with E-state index in [9.17, 15) is 9.59 Å². The first-order valence-corrected chi connectivity index (χ1v) is 4.77. The number of imide groups is 1. The van der Waals surface area contributed by atoms with Crippen LogP contribution in [0.3, 0.4) is 0 Å². The second kappa shape index (κ2) is 3.24. The number of hydrogen-bond acceptors (Lipinski definition) is 2. The quantitative estimate of drug-likeness (QED) is 0.582. The monoisotopic (exact) mass is 224 g/mol. The Hall–Kier alpha value is -1.55. The lowest BCUT2D eigenvalue weighted by Gasteiger charge is -2.25. The maximum Gasteiger partial charge on any atom is 0.340 e. The standard InChI is InChI=1S/C10H9ClN2O2/c1-10(7-5-3-2-4-6-7)8(14)12-9(15)13(10)11/h2-6H,1H3,(H,12,14,15). The fourth-order valence-corrected chi connectivity index (χ4v) is 1.78. The summed E-state index contributed by atoms with van der Waals surface area (Å²) in [5.41, 5.74) is -0.441. The number of carbonyl (C=O) groups is 2. The molecule has 1 aromatic rings. The van der Waals surface area contributed by atoms with E-state index in [0.717, 1.165) is 4.42 Å². The largest absolute Gasteiger partial charge is 0.340 e. The van der Waals surface area contributed by atoms with Crippen molar-refractivity contribution >= 4 is 23.7 Å². The van der Waals surface area contributed by atoms with E-state index in [2.05, 4.69) is 5.32 Å². The third-order valence-corrected chi connectivity index (χ3v) is 3.06. The Labute approximate surface area is 91.9 Å². The molecule has 5 heteroatoms. The lowest BCUT2D eigenvalue weighted by Crippen LogP contribution is -2.39. The summed E-state index contributed by atoms with van der Waals surface area (Å²) in [6.07, 6.45) is 0. The van der Waals surface area contributed by atoms with Crippen molar-refractivity contribution in [3.8, 4) is 0 Å². The number of benzene rings is 1. The molecular formula is C10H9ClN2O2. The lowest BCUT2D eigenvalue weighted by atomic mass is 9.92. The van der Waals surface area contributed by atoms with Gasteiger partial charge < -0.3 is 0 Å². The Balaban J connectivity index is 2.51. The van der Waals surface area contributed by atoms with Gasteiger partial charge in [0, 0.05) is 11.8 Å². The van der Waals surface area contributed by atoms with Gasteiger partial charge in [-0.2, -0.15) is 0 Å². The molecule has 1 N–H and O–H groups in total. The topological polar surface area (TPSA) is 49.4 Å². The van der Waals surface area contributed by atoms with Crippen molar-refractivity contribution in [2.45, 2.75) is 12.5 Å². The number of amides is 3. The van der Waals surface area contributed by atoms with Crippen molar-refractivity contribution in [3.63, 3.8) is 0 Å². The third kappa shape index (κ3) is 1.29. The van der Waals surface area contributed by atoms with Gasteiger partial charge in [-0.1, -0.05) is 30.3 Å². The Kier molecular flexibility index (Phi) is 2.16. The molecule has 1 aliphatic rings. The molecule has 78 valence electrons. The van der Waals surface area contributed by atoms with Gasteiger partial charge in [0.05, 0.1) is 0 Å². The van der Waals surface area contributed by atoms with Crippen molar-refractivity contribution in [2.75, 3.05) is 0 Å². The van der Waals surface area contributed by atoms with Crippen molar-refractivity contribution in [3.05, 3.63) is 35.9 Å². The molecular weight excluding hydrogens is 216 g/mol. The molecule has 1 unspecified atom stereocenters. The zero-order valence-corrected chi connectivity index (χ0v) is 8.78. The Morgan fingerprint density at radius 2 is 1.87 bits per heavy atom. The molecule has 0 bridgehead atoms. The second-order valence-corrected chi connectivity index (χ2v) is 3.82. The summed E-state index contributed by atoms with van der Waals surface area (Å²) in [5.74, 6) is -0.409. The van der Waals surface area contributed by atoms with Crippen LogP contribution in [0.5, 0.6) is 0 Å². The van der Waals surface area contributed by atoms with E-state index in [0.29, 0.717) is 5.56 Å². The van der Waals surface area contributed by atoms with Crippen LogP contribution in [-0.4, -0.2) is 16.4 Å². The van der Waals surface area contributed by atoms with E-state index in [4.69, 9.17) is 11.8 Å². The molecule has 0 spiro atoms. The van der Waals surface area contributed by atoms with Gasteiger partial charge in [-0.3, -0.25) is 10.1 Å². The van der Waals surface area contributed by atoms with E-state index in [1.165, 1.54) is 0 Å². The van der Waals surface area contributed by atoms with Crippen molar-refractivity contribution in [1.29, 1.82) is 0 Å². The number of nitrogens with zero attached hydrogens (tertiary/aromatic N) is 1. The SMILES string of the molecule is CC1(c2ccccc2)C(=O)NC(=O)N1Cl. The summed E-state index contributed by atoms with van der Waals surface area (Å²) in [4.78, 5) is 22.9. The van der Waals surface area contributed by atoms with E-state index >= 15 is 0 Å². The highest BCUT2D eigenvalue weighted by Gasteiger charge is 2.50. The van der Waals surface area contributed by atoms with Gasteiger partial charge in [0.2, 0.25) is 0 Å². The summed E-state index contributed by atoms with van der Waals surface area (Å²) in [7, 11) is 0. The molecule has 1 saturated heterocycles. The highest BCUT2D eigenvalue weighted by atomic mass is 35.5. The summed E-state index contributed by atoms with van der Waals surface area (Å²) in [6.45, 7) is 1.61. The number of nitrogens with one attached hydrogen (secondary N) is 1. The fraction of sp³-hybridized carbons (Fsp3) is 0.200. The smallest absolute Gasteiger partial charge is 0.274 e. The van der Waals surface area contributed by atoms with Crippen LogP contribution in [0.2, 0.25) is 0 Å². The van der Waals surface area contributed by atoms with E-state index in [-0.39, 0.29) is 0 Å². The summed E-state index contributed by atoms with van der Waals surface area (Å²) < 4.78 is 0.894. The highest BCUT2D eigenvalue weighted by molar-refractivity contribution is 6.28. The second-order valence-electron chi connectivity index (χ2n) is 3.48. The molecule has 1 heterocycles. The molecule has 4 nitrogen and oxygen atoms in total. The molecule has 1 aromatic carbocycles. The van der Waals surface area contributed by atoms with Crippen LogP contribution in [0.25, 0.3) is 0 Å². The van der Waals surface area contributed by atoms with Crippen LogP contribution in [-0.2, 0) is 10.3 Å². The number of urea groups is 1. The number of rotatable bonds is 1. The van der Waals surface area contributed by atoms with E-state index in [1.54, 1.807) is 31.2 Å². The van der Waals surface area contributed by atoms with Gasteiger partial charge in [0.25, 0.3) is 5.91 Å². The Bertz CT molecular complexity index is 421. The molecule has 0 radical (unpaired) electrons. The van der Waals surface area contributed by atoms with Gasteiger partial charge >= 0.3 is 6.03 Å². The minimum absolute atomic E-state index is 0.409. The normalized spacial score (nSPS) is 25.6. The van der Waals surface area contributed by atoms with Crippen LogP contribution in [0, 0.1) is 0 Å². The highest BCUT2D eigenvalue weighted by Crippen LogP contribution is 2.33. The zero-order valence-electron chi connectivity index (χ0n) is 8.03. The maximum atomic E-state index is 11.7. The molecule has 1 atom stereocenters. The van der Waals surface area contributed by atoms with Gasteiger partial charge in [-0.05, 0) is 12.5 Å². The van der Waals surface area contributed by atoms with Crippen molar-refractivity contribution < 1.29 is 9.59 Å². The van der Waals surface area contributed by atoms with Gasteiger partial charge in [-0.25, -0.2) is 9.21 Å². The van der Waals surface area contributed by atoms with Crippen LogP contribution >= 0.6 is 11.8 Å². The number of halogens is 1. The number of carbonyl (C=O) groups excluding carboxylic acids is 2. The van der Waals surface area contributed by atoms with E-state index < -0.39 is 17.5 Å². The average Bonchev–Trinajstić information content (AvgIpc) is 2.45. The summed E-state index contributed by atoms with van der Waals surface area (Å²) in [6, 6.07) is 8.34. The maximum absolute atomic E-state index is 11.7. The van der Waals surface area contributed by atoms with Crippen LogP contribution < -0.4 is 5.32 Å². The molecule has 1 fully saturated rings. The third-order valence-electron chi connectivity index (χ3n) is 2.57. The average molecular weight is 225 g/mol. The van der Waals surface area contributed by atoms with Gasteiger partial charge in [0.15, 0.2) is 5.54 Å².